The van der Waals surface area contributed by atoms with Gasteiger partial charge >= 0.3 is 11.9 Å². The van der Waals surface area contributed by atoms with E-state index in [1.54, 1.807) is 0 Å². The average Bonchev–Trinajstić information content (AvgIpc) is 2.46. The third-order valence-electron chi connectivity index (χ3n) is 2.17. The maximum atomic E-state index is 11.0. The van der Waals surface area contributed by atoms with Crippen LogP contribution in [0, 0.1) is 5.41 Å². The molecule has 0 aromatic heterocycles. The van der Waals surface area contributed by atoms with Gasteiger partial charge in [-0.05, 0) is 0 Å². The molecule has 0 saturated carbocycles. The zero-order chi connectivity index (χ0) is 14.7. The van der Waals surface area contributed by atoms with Crippen LogP contribution in [0.2, 0.25) is 0 Å². The Kier molecular flexibility index (Phi) is 7.87. The standard InChI is InChI=1S/C12H16O7/c1-3-10(15)18-7-12(5-13,6-17-9-14)8-19-11(16)4-2/h3-4,9,13H,1-2,5-8H2. The molecule has 0 spiro atoms. The molecular formula is C12H16O7. The van der Waals surface area contributed by atoms with Gasteiger partial charge in [-0.2, -0.15) is 0 Å². The Balaban J connectivity index is 4.69. The molecular weight excluding hydrogens is 256 g/mol. The van der Waals surface area contributed by atoms with E-state index in [4.69, 9.17) is 9.47 Å². The number of esters is 2. The van der Waals surface area contributed by atoms with E-state index in [-0.39, 0.29) is 26.3 Å². The average molecular weight is 272 g/mol. The maximum Gasteiger partial charge on any atom is 0.330 e. The predicted molar refractivity (Wildman–Crippen MR) is 63.8 cm³/mol. The van der Waals surface area contributed by atoms with Crippen molar-refractivity contribution in [2.45, 2.75) is 0 Å². The molecule has 0 fully saturated rings. The van der Waals surface area contributed by atoms with Gasteiger partial charge in [0.1, 0.15) is 19.8 Å². The van der Waals surface area contributed by atoms with Crippen LogP contribution < -0.4 is 0 Å². The van der Waals surface area contributed by atoms with E-state index in [2.05, 4.69) is 17.9 Å². The van der Waals surface area contributed by atoms with Crippen molar-refractivity contribution < 1.29 is 33.7 Å². The first kappa shape index (κ1) is 16.9. The fraction of sp³-hybridized carbons (Fsp3) is 0.417. The van der Waals surface area contributed by atoms with Crippen LogP contribution in [-0.2, 0) is 28.6 Å². The third kappa shape index (κ3) is 6.37. The van der Waals surface area contributed by atoms with Crippen LogP contribution in [0.15, 0.2) is 25.3 Å². The van der Waals surface area contributed by atoms with Crippen molar-refractivity contribution in [1.29, 1.82) is 0 Å². The van der Waals surface area contributed by atoms with E-state index >= 15 is 0 Å². The van der Waals surface area contributed by atoms with Gasteiger partial charge in [0.25, 0.3) is 6.47 Å². The number of aliphatic hydroxyl groups excluding tert-OH is 1. The summed E-state index contributed by atoms with van der Waals surface area (Å²) < 4.78 is 14.1. The predicted octanol–water partition coefficient (Wildman–Crippen LogP) is -0.403. The smallest absolute Gasteiger partial charge is 0.330 e. The summed E-state index contributed by atoms with van der Waals surface area (Å²) in [5, 5.41) is 9.34. The molecule has 0 aliphatic rings. The molecule has 19 heavy (non-hydrogen) atoms. The number of ether oxygens (including phenoxy) is 3. The van der Waals surface area contributed by atoms with Gasteiger partial charge in [0.15, 0.2) is 0 Å². The summed E-state index contributed by atoms with van der Waals surface area (Å²) in [4.78, 5) is 32.2. The van der Waals surface area contributed by atoms with Gasteiger partial charge in [0.05, 0.1) is 12.0 Å². The normalized spacial score (nSPS) is 10.2. The Hall–Kier alpha value is -2.15. The second kappa shape index (κ2) is 8.87. The maximum absolute atomic E-state index is 11.0. The molecule has 1 N–H and O–H groups in total. The monoisotopic (exact) mass is 272 g/mol. The minimum Gasteiger partial charge on any atom is -0.467 e. The first-order chi connectivity index (χ1) is 9.03. The molecule has 0 aliphatic carbocycles. The van der Waals surface area contributed by atoms with E-state index in [0.717, 1.165) is 12.2 Å². The Morgan fingerprint density at radius 3 is 1.84 bits per heavy atom. The van der Waals surface area contributed by atoms with E-state index in [0.29, 0.717) is 0 Å². The second-order valence-corrected chi connectivity index (χ2v) is 3.69. The van der Waals surface area contributed by atoms with Crippen molar-refractivity contribution in [1.82, 2.24) is 0 Å². The van der Waals surface area contributed by atoms with Crippen LogP contribution in [0.5, 0.6) is 0 Å². The molecule has 0 saturated heterocycles. The van der Waals surface area contributed by atoms with E-state index in [9.17, 15) is 19.5 Å². The summed E-state index contributed by atoms with van der Waals surface area (Å²) in [6, 6.07) is 0. The molecule has 0 aromatic rings. The number of hydrogen-bond acceptors (Lipinski definition) is 7. The lowest BCUT2D eigenvalue weighted by molar-refractivity contribution is -0.156. The van der Waals surface area contributed by atoms with Crippen LogP contribution in [-0.4, -0.2) is 49.9 Å². The second-order valence-electron chi connectivity index (χ2n) is 3.69. The topological polar surface area (TPSA) is 99.1 Å². The van der Waals surface area contributed by atoms with Gasteiger partial charge < -0.3 is 19.3 Å². The number of carbonyl (C=O) groups excluding carboxylic acids is 3. The van der Waals surface area contributed by atoms with Crippen molar-refractivity contribution in [2.75, 3.05) is 26.4 Å². The van der Waals surface area contributed by atoms with Gasteiger partial charge in [-0.25, -0.2) is 9.59 Å². The fourth-order valence-corrected chi connectivity index (χ4v) is 1.04. The zero-order valence-electron chi connectivity index (χ0n) is 10.4. The minimum absolute atomic E-state index is 0.176. The molecule has 0 atom stereocenters. The van der Waals surface area contributed by atoms with E-state index < -0.39 is 24.0 Å². The lowest BCUT2D eigenvalue weighted by Gasteiger charge is -2.29. The van der Waals surface area contributed by atoms with Crippen LogP contribution in [0.1, 0.15) is 0 Å². The van der Waals surface area contributed by atoms with Crippen LogP contribution in [0.3, 0.4) is 0 Å². The number of aliphatic hydroxyl groups is 1. The summed E-state index contributed by atoms with van der Waals surface area (Å²) in [6.45, 7) is 5.21. The van der Waals surface area contributed by atoms with Crippen LogP contribution in [0.4, 0.5) is 0 Å². The number of hydrogen-bond donors (Lipinski definition) is 1. The molecule has 0 unspecified atom stereocenters. The van der Waals surface area contributed by atoms with E-state index in [1.165, 1.54) is 0 Å². The molecule has 0 radical (unpaired) electrons. The summed E-state index contributed by atoms with van der Waals surface area (Å²) in [6.07, 6.45) is 1.89. The van der Waals surface area contributed by atoms with E-state index in [1.807, 2.05) is 0 Å². The third-order valence-corrected chi connectivity index (χ3v) is 2.17. The SMILES string of the molecule is C=CC(=O)OCC(CO)(COC=O)COC(=O)C=C. The highest BCUT2D eigenvalue weighted by molar-refractivity contribution is 5.81. The lowest BCUT2D eigenvalue weighted by atomic mass is 9.92. The first-order valence-electron chi connectivity index (χ1n) is 5.28. The molecule has 0 rings (SSSR count). The highest BCUT2D eigenvalue weighted by Gasteiger charge is 2.34. The summed E-state index contributed by atoms with van der Waals surface area (Å²) in [7, 11) is 0. The summed E-state index contributed by atoms with van der Waals surface area (Å²) in [5.74, 6) is -1.42. The van der Waals surface area contributed by atoms with Gasteiger partial charge in [0.2, 0.25) is 0 Å². The molecule has 0 heterocycles. The Morgan fingerprint density at radius 1 is 1.05 bits per heavy atom. The summed E-state index contributed by atoms with van der Waals surface area (Å²) in [5.41, 5.74) is -1.22. The van der Waals surface area contributed by atoms with Gasteiger partial charge in [-0.1, -0.05) is 13.2 Å². The quantitative estimate of drug-likeness (QED) is 0.250. The van der Waals surface area contributed by atoms with Crippen molar-refractivity contribution in [3.05, 3.63) is 25.3 Å². The van der Waals surface area contributed by atoms with Gasteiger partial charge in [-0.3, -0.25) is 4.79 Å². The van der Waals surface area contributed by atoms with Crippen molar-refractivity contribution in [2.24, 2.45) is 5.41 Å². The van der Waals surface area contributed by atoms with Crippen molar-refractivity contribution in [3.8, 4) is 0 Å². The first-order valence-corrected chi connectivity index (χ1v) is 5.28. The van der Waals surface area contributed by atoms with Gasteiger partial charge in [0, 0.05) is 12.2 Å². The highest BCUT2D eigenvalue weighted by Crippen LogP contribution is 2.19. The largest absolute Gasteiger partial charge is 0.467 e. The summed E-state index contributed by atoms with van der Waals surface area (Å²) >= 11 is 0. The minimum atomic E-state index is -1.22. The Morgan fingerprint density at radius 2 is 1.53 bits per heavy atom. The Bertz CT molecular complexity index is 324. The van der Waals surface area contributed by atoms with Crippen molar-refractivity contribution in [3.63, 3.8) is 0 Å². The fourth-order valence-electron chi connectivity index (χ4n) is 1.04. The van der Waals surface area contributed by atoms with Crippen LogP contribution >= 0.6 is 0 Å². The number of rotatable bonds is 10. The molecule has 0 amide bonds. The zero-order valence-corrected chi connectivity index (χ0v) is 10.4. The molecule has 7 nitrogen and oxygen atoms in total. The molecule has 106 valence electrons. The molecule has 7 heteroatoms. The molecule has 0 aromatic carbocycles. The number of carbonyl (C=O) groups is 3. The molecule has 0 aliphatic heterocycles. The van der Waals surface area contributed by atoms with Crippen molar-refractivity contribution >= 4 is 18.4 Å². The Labute approximate surface area is 110 Å². The highest BCUT2D eigenvalue weighted by atomic mass is 16.6. The molecule has 0 bridgehead atoms. The van der Waals surface area contributed by atoms with Crippen LogP contribution in [0.25, 0.3) is 0 Å². The lowest BCUT2D eigenvalue weighted by Crippen LogP contribution is -2.41. The van der Waals surface area contributed by atoms with Gasteiger partial charge in [-0.15, -0.1) is 0 Å².